The van der Waals surface area contributed by atoms with Gasteiger partial charge in [0.15, 0.2) is 0 Å². The number of carboxylic acids is 1. The van der Waals surface area contributed by atoms with Gasteiger partial charge in [0.2, 0.25) is 5.91 Å². The van der Waals surface area contributed by atoms with E-state index in [2.05, 4.69) is 29.6 Å². The second-order valence-corrected chi connectivity index (χ2v) is 7.26. The van der Waals surface area contributed by atoms with Crippen LogP contribution in [0.1, 0.15) is 62.8 Å². The fraction of sp³-hybridized carbons (Fsp3) is 0.579. The number of hydrogen-bond acceptors (Lipinski definition) is 2. The normalized spacial score (nSPS) is 25.6. The Kier molecular flexibility index (Phi) is 4.69. The van der Waals surface area contributed by atoms with Crippen LogP contribution in [0.4, 0.5) is 0 Å². The summed E-state index contributed by atoms with van der Waals surface area (Å²) in [6, 6.07) is 10.5. The average molecular weight is 315 g/mol. The number of hydrogen-bond donors (Lipinski definition) is 2. The van der Waals surface area contributed by atoms with Gasteiger partial charge in [0, 0.05) is 6.42 Å². The zero-order valence-electron chi connectivity index (χ0n) is 13.5. The van der Waals surface area contributed by atoms with Gasteiger partial charge in [0.1, 0.15) is 0 Å². The number of nitrogens with one attached hydrogen (secondary N) is 1. The maximum atomic E-state index is 12.3. The van der Waals surface area contributed by atoms with Gasteiger partial charge in [0.05, 0.1) is 12.0 Å². The summed E-state index contributed by atoms with van der Waals surface area (Å²) in [5, 5.41) is 12.2. The summed E-state index contributed by atoms with van der Waals surface area (Å²) in [7, 11) is 0. The molecule has 4 nitrogen and oxygen atoms in total. The van der Waals surface area contributed by atoms with E-state index in [1.807, 2.05) is 6.07 Å². The number of aliphatic carboxylic acids is 1. The van der Waals surface area contributed by atoms with Gasteiger partial charge in [-0.3, -0.25) is 9.59 Å². The number of rotatable bonds is 6. The summed E-state index contributed by atoms with van der Waals surface area (Å²) < 4.78 is 0. The molecule has 0 atom stereocenters. The number of amides is 1. The molecule has 0 bridgehead atoms. The molecule has 2 aliphatic rings. The zero-order valence-corrected chi connectivity index (χ0v) is 13.5. The number of carboxylic acid groups (broad SMARTS) is 1. The van der Waals surface area contributed by atoms with Crippen molar-refractivity contribution in [3.63, 3.8) is 0 Å². The molecule has 0 aliphatic heterocycles. The summed E-state index contributed by atoms with van der Waals surface area (Å²) in [5.41, 5.74) is 0.869. The molecule has 0 heterocycles. The van der Waals surface area contributed by atoms with Crippen LogP contribution in [-0.4, -0.2) is 22.5 Å². The maximum Gasteiger partial charge on any atom is 0.305 e. The maximum absolute atomic E-state index is 12.3. The van der Waals surface area contributed by atoms with Crippen molar-refractivity contribution < 1.29 is 14.7 Å². The van der Waals surface area contributed by atoms with E-state index < -0.39 is 11.5 Å². The fourth-order valence-electron chi connectivity index (χ4n) is 4.20. The summed E-state index contributed by atoms with van der Waals surface area (Å²) in [5.74, 6) is 0.224. The van der Waals surface area contributed by atoms with Crippen molar-refractivity contribution in [2.75, 3.05) is 0 Å². The molecule has 0 radical (unpaired) electrons. The van der Waals surface area contributed by atoms with E-state index in [0.29, 0.717) is 18.3 Å². The second-order valence-electron chi connectivity index (χ2n) is 7.26. The minimum Gasteiger partial charge on any atom is -0.481 e. The average Bonchev–Trinajstić information content (AvgIpc) is 2.90. The number of carbonyl (C=O) groups is 2. The lowest BCUT2D eigenvalue weighted by molar-refractivity contribution is -0.139. The Morgan fingerprint density at radius 1 is 1.13 bits per heavy atom. The summed E-state index contributed by atoms with van der Waals surface area (Å²) >= 11 is 0. The largest absolute Gasteiger partial charge is 0.481 e. The first kappa shape index (κ1) is 16.0. The first-order valence-electron chi connectivity index (χ1n) is 8.64. The van der Waals surface area contributed by atoms with Gasteiger partial charge in [-0.25, -0.2) is 0 Å². The van der Waals surface area contributed by atoms with E-state index in [-0.39, 0.29) is 12.3 Å². The number of benzene rings is 1. The number of carbonyl (C=O) groups excluding carboxylic acids is 1. The first-order chi connectivity index (χ1) is 11.1. The zero-order chi connectivity index (χ0) is 16.3. The summed E-state index contributed by atoms with van der Waals surface area (Å²) in [4.78, 5) is 23.4. The van der Waals surface area contributed by atoms with Crippen LogP contribution in [0.15, 0.2) is 30.3 Å². The third kappa shape index (κ3) is 3.92. The van der Waals surface area contributed by atoms with Gasteiger partial charge < -0.3 is 10.4 Å². The fourth-order valence-corrected chi connectivity index (χ4v) is 4.20. The Bertz CT molecular complexity index is 557. The molecular weight excluding hydrogens is 290 g/mol. The third-order valence-corrected chi connectivity index (χ3v) is 5.44. The molecule has 1 aromatic rings. The van der Waals surface area contributed by atoms with Crippen LogP contribution in [0.25, 0.3) is 0 Å². The molecule has 1 amide bonds. The molecule has 23 heavy (non-hydrogen) atoms. The van der Waals surface area contributed by atoms with Crippen molar-refractivity contribution in [1.29, 1.82) is 0 Å². The standard InChI is InChI=1S/C19H25NO3/c21-17(20-19(13-18(22)23)8-4-5-9-19)12-14-10-16(11-14)15-6-2-1-3-7-15/h1-3,6-7,14,16H,4-5,8-13H2,(H,20,21)(H,22,23). The Hall–Kier alpha value is -1.84. The molecule has 0 spiro atoms. The Balaban J connectivity index is 1.48. The molecule has 0 saturated heterocycles. The molecule has 3 rings (SSSR count). The monoisotopic (exact) mass is 315 g/mol. The minimum absolute atomic E-state index is 0.0321. The summed E-state index contributed by atoms with van der Waals surface area (Å²) in [6.07, 6.45) is 6.30. The van der Waals surface area contributed by atoms with Gasteiger partial charge >= 0.3 is 5.97 Å². The third-order valence-electron chi connectivity index (χ3n) is 5.44. The van der Waals surface area contributed by atoms with Crippen LogP contribution in [0.3, 0.4) is 0 Å². The quantitative estimate of drug-likeness (QED) is 0.844. The lowest BCUT2D eigenvalue weighted by Gasteiger charge is -2.36. The molecule has 4 heteroatoms. The van der Waals surface area contributed by atoms with Crippen molar-refractivity contribution in [1.82, 2.24) is 5.32 Å². The highest BCUT2D eigenvalue weighted by atomic mass is 16.4. The second kappa shape index (κ2) is 6.73. The predicted octanol–water partition coefficient (Wildman–Crippen LogP) is 3.47. The van der Waals surface area contributed by atoms with Crippen LogP contribution in [0, 0.1) is 5.92 Å². The van der Waals surface area contributed by atoms with Crippen LogP contribution in [0.2, 0.25) is 0 Å². The van der Waals surface area contributed by atoms with Crippen LogP contribution in [-0.2, 0) is 9.59 Å². The highest BCUT2D eigenvalue weighted by Crippen LogP contribution is 2.43. The lowest BCUT2D eigenvalue weighted by atomic mass is 9.70. The van der Waals surface area contributed by atoms with Gasteiger partial charge in [0.25, 0.3) is 0 Å². The van der Waals surface area contributed by atoms with Gasteiger partial charge in [-0.15, -0.1) is 0 Å². The first-order valence-corrected chi connectivity index (χ1v) is 8.64. The molecular formula is C19H25NO3. The van der Waals surface area contributed by atoms with Gasteiger partial charge in [-0.1, -0.05) is 43.2 Å². The van der Waals surface area contributed by atoms with Gasteiger partial charge in [-0.2, -0.15) is 0 Å². The van der Waals surface area contributed by atoms with Crippen molar-refractivity contribution in [2.45, 2.75) is 62.8 Å². The van der Waals surface area contributed by atoms with E-state index in [9.17, 15) is 9.59 Å². The Morgan fingerprint density at radius 2 is 1.78 bits per heavy atom. The highest BCUT2D eigenvalue weighted by molar-refractivity contribution is 5.78. The molecule has 1 aromatic carbocycles. The van der Waals surface area contributed by atoms with Crippen molar-refractivity contribution >= 4 is 11.9 Å². The SMILES string of the molecule is O=C(O)CC1(NC(=O)CC2CC(c3ccccc3)C2)CCCC1. The Labute approximate surface area is 137 Å². The van der Waals surface area contributed by atoms with E-state index in [0.717, 1.165) is 38.5 Å². The van der Waals surface area contributed by atoms with Crippen LogP contribution in [0.5, 0.6) is 0 Å². The smallest absolute Gasteiger partial charge is 0.305 e. The van der Waals surface area contributed by atoms with E-state index in [1.165, 1.54) is 5.56 Å². The van der Waals surface area contributed by atoms with Crippen molar-refractivity contribution in [3.05, 3.63) is 35.9 Å². The molecule has 2 N–H and O–H groups in total. The molecule has 2 aliphatic carbocycles. The lowest BCUT2D eigenvalue weighted by Crippen LogP contribution is -2.48. The van der Waals surface area contributed by atoms with E-state index >= 15 is 0 Å². The van der Waals surface area contributed by atoms with Gasteiger partial charge in [-0.05, 0) is 43.1 Å². The minimum atomic E-state index is -0.819. The van der Waals surface area contributed by atoms with E-state index in [1.54, 1.807) is 0 Å². The van der Waals surface area contributed by atoms with Crippen molar-refractivity contribution in [3.8, 4) is 0 Å². The molecule has 0 aromatic heterocycles. The summed E-state index contributed by atoms with van der Waals surface area (Å²) in [6.45, 7) is 0. The predicted molar refractivity (Wildman–Crippen MR) is 88.1 cm³/mol. The molecule has 124 valence electrons. The molecule has 2 fully saturated rings. The van der Waals surface area contributed by atoms with Crippen LogP contribution >= 0.6 is 0 Å². The van der Waals surface area contributed by atoms with Crippen LogP contribution < -0.4 is 5.32 Å². The van der Waals surface area contributed by atoms with Crippen molar-refractivity contribution in [2.24, 2.45) is 5.92 Å². The molecule has 0 unspecified atom stereocenters. The van der Waals surface area contributed by atoms with E-state index in [4.69, 9.17) is 5.11 Å². The topological polar surface area (TPSA) is 66.4 Å². The highest BCUT2D eigenvalue weighted by Gasteiger charge is 2.39. The Morgan fingerprint density at radius 3 is 2.39 bits per heavy atom. The molecule has 2 saturated carbocycles.